The van der Waals surface area contributed by atoms with E-state index in [0.29, 0.717) is 28.8 Å². The molecule has 4 aromatic rings. The van der Waals surface area contributed by atoms with Crippen LogP contribution in [0.25, 0.3) is 21.6 Å². The Kier molecular flexibility index (Phi) is 4.77. The fraction of sp³-hybridized carbons (Fsp3) is 0.105. The number of thiophene rings is 1. The third-order valence-electron chi connectivity index (χ3n) is 4.33. The van der Waals surface area contributed by atoms with Crippen molar-refractivity contribution >= 4 is 39.7 Å². The van der Waals surface area contributed by atoms with Gasteiger partial charge in [-0.15, -0.1) is 11.3 Å². The monoisotopic (exact) mass is 411 g/mol. The normalized spacial score (nSPS) is 11.0. The molecular weight excluding hydrogens is 397 g/mol. The summed E-state index contributed by atoms with van der Waals surface area (Å²) in [6.45, 7) is 2.50. The lowest BCUT2D eigenvalue weighted by Crippen LogP contribution is -2.13. The highest BCUT2D eigenvalue weighted by atomic mass is 32.1. The molecule has 0 atom stereocenters. The lowest BCUT2D eigenvalue weighted by molar-refractivity contribution is -0.387. The molecule has 8 nitrogen and oxygen atoms in total. The van der Waals surface area contributed by atoms with Crippen LogP contribution in [0.1, 0.15) is 17.3 Å². The van der Waals surface area contributed by atoms with Crippen LogP contribution < -0.4 is 5.32 Å². The first-order valence-corrected chi connectivity index (χ1v) is 9.51. The van der Waals surface area contributed by atoms with Gasteiger partial charge in [0.15, 0.2) is 5.65 Å². The molecule has 146 valence electrons. The number of amides is 1. The lowest BCUT2D eigenvalue weighted by atomic mass is 10.1. The highest BCUT2D eigenvalue weighted by Gasteiger charge is 2.20. The number of hydrogen-bond acceptors (Lipinski definition) is 6. The number of fused-ring (bicyclic) bond motifs is 1. The van der Waals surface area contributed by atoms with E-state index in [1.165, 1.54) is 17.4 Å². The van der Waals surface area contributed by atoms with Crippen LogP contribution in [0.5, 0.6) is 0 Å². The van der Waals surface area contributed by atoms with E-state index < -0.39 is 22.3 Å². The minimum absolute atomic E-state index is 0.119. The number of benzene rings is 1. The number of nitrogens with one attached hydrogen (secondary N) is 1. The fourth-order valence-electron chi connectivity index (χ4n) is 2.95. The van der Waals surface area contributed by atoms with Crippen molar-refractivity contribution in [1.82, 2.24) is 14.8 Å². The minimum atomic E-state index is -0.969. The minimum Gasteiger partial charge on any atom is -0.322 e. The summed E-state index contributed by atoms with van der Waals surface area (Å²) in [5, 5.41) is 20.3. The fourth-order valence-corrected chi connectivity index (χ4v) is 3.63. The first-order valence-electron chi connectivity index (χ1n) is 8.63. The molecule has 0 unspecified atom stereocenters. The molecule has 0 aliphatic rings. The molecule has 29 heavy (non-hydrogen) atoms. The van der Waals surface area contributed by atoms with Gasteiger partial charge in [0.1, 0.15) is 0 Å². The van der Waals surface area contributed by atoms with Gasteiger partial charge < -0.3 is 5.32 Å². The van der Waals surface area contributed by atoms with Gasteiger partial charge in [-0.05, 0) is 36.6 Å². The summed E-state index contributed by atoms with van der Waals surface area (Å²) in [6, 6.07) is 8.65. The standard InChI is InChI=1S/C19H14FN5O3S/c1-2-24-18-13(10-21-24)12(9-15(23-18)17-4-3-7-29-17)19(26)22-11-5-6-14(20)16(8-11)25(27)28/h3-10H,2H2,1H3,(H,22,26). The zero-order valence-corrected chi connectivity index (χ0v) is 15.9. The molecule has 0 radical (unpaired) electrons. The second-order valence-electron chi connectivity index (χ2n) is 6.11. The van der Waals surface area contributed by atoms with Gasteiger partial charge >= 0.3 is 5.69 Å². The number of nitro groups is 1. The number of hydrogen-bond donors (Lipinski definition) is 1. The van der Waals surface area contributed by atoms with Crippen molar-refractivity contribution < 1.29 is 14.1 Å². The Morgan fingerprint density at radius 3 is 2.86 bits per heavy atom. The number of anilines is 1. The third kappa shape index (κ3) is 3.45. The number of aromatic nitrogens is 3. The van der Waals surface area contributed by atoms with Gasteiger partial charge in [0.2, 0.25) is 5.82 Å². The maximum absolute atomic E-state index is 13.6. The molecular formula is C19H14FN5O3S. The average Bonchev–Trinajstić information content (AvgIpc) is 3.38. The maximum Gasteiger partial charge on any atom is 0.306 e. The number of carbonyl (C=O) groups is 1. The zero-order valence-electron chi connectivity index (χ0n) is 15.1. The summed E-state index contributed by atoms with van der Waals surface area (Å²) in [7, 11) is 0. The molecule has 10 heteroatoms. The van der Waals surface area contributed by atoms with Crippen molar-refractivity contribution in [2.75, 3.05) is 5.32 Å². The molecule has 0 bridgehead atoms. The molecule has 0 fully saturated rings. The van der Waals surface area contributed by atoms with E-state index in [4.69, 9.17) is 0 Å². The lowest BCUT2D eigenvalue weighted by Gasteiger charge is -2.09. The quantitative estimate of drug-likeness (QED) is 0.385. The molecule has 4 rings (SSSR count). The predicted octanol–water partition coefficient (Wildman–Crippen LogP) is 4.48. The molecule has 1 aromatic carbocycles. The average molecular weight is 411 g/mol. The van der Waals surface area contributed by atoms with Crippen molar-refractivity contribution in [2.24, 2.45) is 0 Å². The van der Waals surface area contributed by atoms with E-state index in [1.54, 1.807) is 16.9 Å². The molecule has 3 aromatic heterocycles. The SMILES string of the molecule is CCn1ncc2c(C(=O)Nc3ccc(F)c([N+](=O)[O-])c3)cc(-c3cccs3)nc21. The number of aryl methyl sites for hydroxylation is 1. The second-order valence-corrected chi connectivity index (χ2v) is 7.06. The number of nitro benzene ring substituents is 1. The van der Waals surface area contributed by atoms with Gasteiger partial charge in [-0.3, -0.25) is 14.9 Å². The first-order chi connectivity index (χ1) is 14.0. The highest BCUT2D eigenvalue weighted by molar-refractivity contribution is 7.13. The number of pyridine rings is 1. The maximum atomic E-state index is 13.6. The molecule has 1 amide bonds. The van der Waals surface area contributed by atoms with Gasteiger partial charge in [-0.1, -0.05) is 6.07 Å². The third-order valence-corrected chi connectivity index (χ3v) is 5.22. The smallest absolute Gasteiger partial charge is 0.306 e. The Morgan fingerprint density at radius 2 is 2.17 bits per heavy atom. The zero-order chi connectivity index (χ0) is 20.5. The molecule has 0 spiro atoms. The van der Waals surface area contributed by atoms with E-state index in [0.717, 1.165) is 17.0 Å². The van der Waals surface area contributed by atoms with Crippen LogP contribution in [0.4, 0.5) is 15.8 Å². The second kappa shape index (κ2) is 7.40. The van der Waals surface area contributed by atoms with Gasteiger partial charge in [0, 0.05) is 18.3 Å². The van der Waals surface area contributed by atoms with Crippen molar-refractivity contribution in [3.05, 3.63) is 69.5 Å². The van der Waals surface area contributed by atoms with E-state index in [9.17, 15) is 19.3 Å². The van der Waals surface area contributed by atoms with Crippen LogP contribution in [-0.2, 0) is 6.54 Å². The summed E-state index contributed by atoms with van der Waals surface area (Å²) >= 11 is 1.49. The van der Waals surface area contributed by atoms with E-state index in [1.807, 2.05) is 24.4 Å². The van der Waals surface area contributed by atoms with Crippen LogP contribution in [0.15, 0.2) is 48.0 Å². The van der Waals surface area contributed by atoms with Crippen molar-refractivity contribution in [3.8, 4) is 10.6 Å². The number of rotatable bonds is 5. The summed E-state index contributed by atoms with van der Waals surface area (Å²) in [5.74, 6) is -1.46. The van der Waals surface area contributed by atoms with Crippen LogP contribution in [0.3, 0.4) is 0 Å². The van der Waals surface area contributed by atoms with Gasteiger partial charge in [-0.25, -0.2) is 9.67 Å². The Hall–Kier alpha value is -3.66. The van der Waals surface area contributed by atoms with Crippen LogP contribution >= 0.6 is 11.3 Å². The predicted molar refractivity (Wildman–Crippen MR) is 108 cm³/mol. The van der Waals surface area contributed by atoms with Gasteiger partial charge in [0.25, 0.3) is 5.91 Å². The number of carbonyl (C=O) groups excluding carboxylic acids is 1. The van der Waals surface area contributed by atoms with E-state index in [-0.39, 0.29) is 5.69 Å². The summed E-state index contributed by atoms with van der Waals surface area (Å²) < 4.78 is 15.3. The molecule has 3 heterocycles. The van der Waals surface area contributed by atoms with Crippen LogP contribution in [-0.4, -0.2) is 25.6 Å². The molecule has 1 N–H and O–H groups in total. The number of halogens is 1. The van der Waals surface area contributed by atoms with Crippen LogP contribution in [0.2, 0.25) is 0 Å². The summed E-state index contributed by atoms with van der Waals surface area (Å²) in [6.07, 6.45) is 1.56. The summed E-state index contributed by atoms with van der Waals surface area (Å²) in [4.78, 5) is 28.6. The molecule has 0 aliphatic heterocycles. The Labute approximate surface area is 167 Å². The highest BCUT2D eigenvalue weighted by Crippen LogP contribution is 2.29. The molecule has 0 aliphatic carbocycles. The Morgan fingerprint density at radius 1 is 1.34 bits per heavy atom. The van der Waals surface area contributed by atoms with Gasteiger partial charge in [0.05, 0.1) is 32.6 Å². The molecule has 0 saturated heterocycles. The van der Waals surface area contributed by atoms with Crippen LogP contribution in [0, 0.1) is 15.9 Å². The van der Waals surface area contributed by atoms with Gasteiger partial charge in [-0.2, -0.15) is 9.49 Å². The largest absolute Gasteiger partial charge is 0.322 e. The van der Waals surface area contributed by atoms with Crippen molar-refractivity contribution in [1.29, 1.82) is 0 Å². The van der Waals surface area contributed by atoms with E-state index >= 15 is 0 Å². The van der Waals surface area contributed by atoms with Crippen molar-refractivity contribution in [2.45, 2.75) is 13.5 Å². The Balaban J connectivity index is 1.78. The first kappa shape index (κ1) is 18.7. The van der Waals surface area contributed by atoms with E-state index in [2.05, 4.69) is 15.4 Å². The number of nitrogens with zero attached hydrogens (tertiary/aromatic N) is 4. The topological polar surface area (TPSA) is 103 Å². The van der Waals surface area contributed by atoms with Crippen molar-refractivity contribution in [3.63, 3.8) is 0 Å². The Bertz CT molecular complexity index is 1240. The summed E-state index contributed by atoms with van der Waals surface area (Å²) in [5.41, 5.74) is 0.922. The molecule has 0 saturated carbocycles.